The van der Waals surface area contributed by atoms with E-state index in [1.807, 2.05) is 31.2 Å². The molecule has 20 heavy (non-hydrogen) atoms. The number of rotatable bonds is 4. The van der Waals surface area contributed by atoms with E-state index in [0.29, 0.717) is 32.6 Å². The largest absolute Gasteiger partial charge is 0.381 e. The van der Waals surface area contributed by atoms with Crippen LogP contribution in [0.15, 0.2) is 28.7 Å². The number of nitrogens with one attached hydrogen (secondary N) is 1. The summed E-state index contributed by atoms with van der Waals surface area (Å²) in [7, 11) is 0. The Labute approximate surface area is 128 Å². The molecule has 1 fully saturated rings. The molecule has 0 aliphatic carbocycles. The van der Waals surface area contributed by atoms with Gasteiger partial charge in [0, 0.05) is 24.2 Å². The molecule has 4 nitrogen and oxygen atoms in total. The van der Waals surface area contributed by atoms with Crippen LogP contribution in [0.3, 0.4) is 0 Å². The molecule has 5 heteroatoms. The Morgan fingerprint density at radius 3 is 2.70 bits per heavy atom. The zero-order chi connectivity index (χ0) is 14.6. The minimum atomic E-state index is -0.478. The van der Waals surface area contributed by atoms with Crippen molar-refractivity contribution in [2.45, 2.75) is 25.8 Å². The average molecular weight is 341 g/mol. The Kier molecular flexibility index (Phi) is 5.18. The number of hydrogen-bond acceptors (Lipinski definition) is 3. The van der Waals surface area contributed by atoms with Gasteiger partial charge in [0.15, 0.2) is 0 Å². The number of halogens is 1. The second-order valence-electron chi connectivity index (χ2n) is 5.31. The van der Waals surface area contributed by atoms with Crippen LogP contribution >= 0.6 is 15.9 Å². The first-order chi connectivity index (χ1) is 9.59. The molecule has 0 saturated carbocycles. The van der Waals surface area contributed by atoms with Gasteiger partial charge in [-0.15, -0.1) is 0 Å². The van der Waals surface area contributed by atoms with Crippen molar-refractivity contribution in [1.82, 2.24) is 5.32 Å². The number of benzene rings is 1. The van der Waals surface area contributed by atoms with Crippen molar-refractivity contribution in [3.05, 3.63) is 34.3 Å². The molecule has 1 saturated heterocycles. The van der Waals surface area contributed by atoms with Gasteiger partial charge in [0.25, 0.3) is 0 Å². The lowest BCUT2D eigenvalue weighted by molar-refractivity contribution is -0.136. The summed E-state index contributed by atoms with van der Waals surface area (Å²) in [5.41, 5.74) is 6.45. The number of carbonyl (C=O) groups excluding carboxylic acids is 1. The van der Waals surface area contributed by atoms with E-state index in [2.05, 4.69) is 21.2 Å². The third kappa shape index (κ3) is 3.22. The lowest BCUT2D eigenvalue weighted by atomic mass is 9.79. The molecule has 110 valence electrons. The highest BCUT2D eigenvalue weighted by Gasteiger charge is 2.39. The van der Waals surface area contributed by atoms with Gasteiger partial charge < -0.3 is 15.8 Å². The first kappa shape index (κ1) is 15.5. The minimum Gasteiger partial charge on any atom is -0.381 e. The van der Waals surface area contributed by atoms with E-state index in [9.17, 15) is 4.79 Å². The number of ether oxygens (including phenoxy) is 1. The first-order valence-electron chi connectivity index (χ1n) is 6.92. The van der Waals surface area contributed by atoms with E-state index in [1.165, 1.54) is 0 Å². The second-order valence-corrected chi connectivity index (χ2v) is 6.17. The van der Waals surface area contributed by atoms with E-state index in [0.717, 1.165) is 10.0 Å². The normalized spacial score (nSPS) is 19.4. The summed E-state index contributed by atoms with van der Waals surface area (Å²) in [5, 5.41) is 3.09. The smallest absolute Gasteiger partial charge is 0.228 e. The van der Waals surface area contributed by atoms with Crippen LogP contribution in [0.25, 0.3) is 0 Å². The molecule has 0 bridgehead atoms. The van der Waals surface area contributed by atoms with E-state index in [4.69, 9.17) is 10.5 Å². The fourth-order valence-corrected chi connectivity index (χ4v) is 3.17. The molecule has 0 aromatic heterocycles. The minimum absolute atomic E-state index is 0.0338. The van der Waals surface area contributed by atoms with Gasteiger partial charge in [-0.05, 0) is 31.4 Å². The summed E-state index contributed by atoms with van der Waals surface area (Å²) in [5.74, 6) is 0.0338. The molecule has 1 aromatic rings. The first-order valence-corrected chi connectivity index (χ1v) is 7.71. The van der Waals surface area contributed by atoms with Gasteiger partial charge in [-0.3, -0.25) is 4.79 Å². The molecule has 3 N–H and O–H groups in total. The summed E-state index contributed by atoms with van der Waals surface area (Å²) in [6.07, 6.45) is 1.38. The van der Waals surface area contributed by atoms with Crippen molar-refractivity contribution >= 4 is 21.8 Å². The molecule has 1 heterocycles. The van der Waals surface area contributed by atoms with Gasteiger partial charge in [0.1, 0.15) is 0 Å². The van der Waals surface area contributed by atoms with Crippen LogP contribution < -0.4 is 11.1 Å². The summed E-state index contributed by atoms with van der Waals surface area (Å²) in [4.78, 5) is 12.6. The Morgan fingerprint density at radius 2 is 2.10 bits per heavy atom. The van der Waals surface area contributed by atoms with Gasteiger partial charge in [0.2, 0.25) is 5.91 Å². The lowest BCUT2D eigenvalue weighted by Crippen LogP contribution is -2.49. The highest BCUT2D eigenvalue weighted by atomic mass is 79.9. The molecule has 1 aromatic carbocycles. The monoisotopic (exact) mass is 340 g/mol. The van der Waals surface area contributed by atoms with Crippen LogP contribution in [0.2, 0.25) is 0 Å². The van der Waals surface area contributed by atoms with Gasteiger partial charge in [0.05, 0.1) is 11.5 Å². The number of hydrogen-bond donors (Lipinski definition) is 2. The average Bonchev–Trinajstić information content (AvgIpc) is 2.48. The molecule has 1 atom stereocenters. The highest BCUT2D eigenvalue weighted by molar-refractivity contribution is 9.10. The van der Waals surface area contributed by atoms with Crippen LogP contribution in [0.4, 0.5) is 0 Å². The molecular weight excluding hydrogens is 320 g/mol. The van der Waals surface area contributed by atoms with Crippen LogP contribution in [0.5, 0.6) is 0 Å². The standard InChI is InChI=1S/C15H21BrN2O2/c1-11(12-4-2-3-5-13(12)16)18-14(19)15(10-17)6-8-20-9-7-15/h2-5,11H,6-10,17H2,1H3,(H,18,19)/t11-/m0/s1. The highest BCUT2D eigenvalue weighted by Crippen LogP contribution is 2.31. The van der Waals surface area contributed by atoms with Gasteiger partial charge >= 0.3 is 0 Å². The fraction of sp³-hybridized carbons (Fsp3) is 0.533. The zero-order valence-corrected chi connectivity index (χ0v) is 13.3. The summed E-state index contributed by atoms with van der Waals surface area (Å²) in [6, 6.07) is 7.86. The fourth-order valence-electron chi connectivity index (χ4n) is 2.54. The maximum absolute atomic E-state index is 12.6. The van der Waals surface area contributed by atoms with Crippen molar-refractivity contribution in [2.75, 3.05) is 19.8 Å². The van der Waals surface area contributed by atoms with E-state index < -0.39 is 5.41 Å². The maximum atomic E-state index is 12.6. The molecule has 1 aliphatic rings. The predicted octanol–water partition coefficient (Wildman–Crippen LogP) is 2.38. The van der Waals surface area contributed by atoms with Crippen molar-refractivity contribution in [3.8, 4) is 0 Å². The molecule has 0 spiro atoms. The van der Waals surface area contributed by atoms with Crippen molar-refractivity contribution in [2.24, 2.45) is 11.1 Å². The topological polar surface area (TPSA) is 64.4 Å². The number of nitrogens with two attached hydrogens (primary N) is 1. The number of carbonyl (C=O) groups is 1. The Morgan fingerprint density at radius 1 is 1.45 bits per heavy atom. The van der Waals surface area contributed by atoms with Gasteiger partial charge in [-0.2, -0.15) is 0 Å². The molecule has 2 rings (SSSR count). The second kappa shape index (κ2) is 6.70. The third-order valence-corrected chi connectivity index (χ3v) is 4.76. The van der Waals surface area contributed by atoms with Crippen molar-refractivity contribution in [3.63, 3.8) is 0 Å². The molecule has 1 amide bonds. The van der Waals surface area contributed by atoms with Crippen LogP contribution in [0.1, 0.15) is 31.4 Å². The van der Waals surface area contributed by atoms with Gasteiger partial charge in [-0.25, -0.2) is 0 Å². The van der Waals surface area contributed by atoms with E-state index in [-0.39, 0.29) is 11.9 Å². The van der Waals surface area contributed by atoms with Crippen molar-refractivity contribution < 1.29 is 9.53 Å². The quantitative estimate of drug-likeness (QED) is 0.884. The van der Waals surface area contributed by atoms with E-state index >= 15 is 0 Å². The Bertz CT molecular complexity index is 473. The zero-order valence-electron chi connectivity index (χ0n) is 11.7. The summed E-state index contributed by atoms with van der Waals surface area (Å²) < 4.78 is 6.34. The maximum Gasteiger partial charge on any atom is 0.228 e. The summed E-state index contributed by atoms with van der Waals surface area (Å²) in [6.45, 7) is 3.56. The summed E-state index contributed by atoms with van der Waals surface area (Å²) >= 11 is 3.52. The lowest BCUT2D eigenvalue weighted by Gasteiger charge is -2.35. The molecule has 0 unspecified atom stereocenters. The Hall–Kier alpha value is -0.910. The third-order valence-electron chi connectivity index (χ3n) is 4.04. The SMILES string of the molecule is C[C@H](NC(=O)C1(CN)CCOCC1)c1ccccc1Br. The Balaban J connectivity index is 2.08. The van der Waals surface area contributed by atoms with Crippen LogP contribution in [0, 0.1) is 5.41 Å². The van der Waals surface area contributed by atoms with Crippen LogP contribution in [-0.4, -0.2) is 25.7 Å². The van der Waals surface area contributed by atoms with Gasteiger partial charge in [-0.1, -0.05) is 34.1 Å². The predicted molar refractivity (Wildman–Crippen MR) is 82.2 cm³/mol. The van der Waals surface area contributed by atoms with E-state index in [1.54, 1.807) is 0 Å². The number of amides is 1. The molecule has 0 radical (unpaired) electrons. The van der Waals surface area contributed by atoms with Crippen LogP contribution in [-0.2, 0) is 9.53 Å². The van der Waals surface area contributed by atoms with Crippen molar-refractivity contribution in [1.29, 1.82) is 0 Å². The molecular formula is C15H21BrN2O2. The molecule has 1 aliphatic heterocycles.